The van der Waals surface area contributed by atoms with E-state index in [0.717, 1.165) is 27.5 Å². The number of carbonyl (C=O) groups is 2. The van der Waals surface area contributed by atoms with Gasteiger partial charge in [0, 0.05) is 16.0 Å². The molecule has 7 rings (SSSR count). The number of phenolic OH excluding ortho intramolecular Hbond substituents is 1. The molecule has 3 fully saturated rings. The standard InChI is InChI=1S/C28H26N2O5S3/c1-11-4-6-13(7-5-11)30-26(32)20-14-10-15(21(20)27(30)33)23-19(14)18(24-25(37-23)29-28(36)38-24)12-8-16(34-2)22(31)17(9-12)35-3/h4-9,14-15,18-21,23,31H,10H2,1-3H3,(H,29,36). The number of methoxy groups -OCH3 is 2. The molecule has 0 spiro atoms. The summed E-state index contributed by atoms with van der Waals surface area (Å²) in [6, 6.07) is 11.3. The minimum atomic E-state index is -0.326. The predicted octanol–water partition coefficient (Wildman–Crippen LogP) is 5.51. The largest absolute Gasteiger partial charge is 0.502 e. The van der Waals surface area contributed by atoms with Crippen molar-refractivity contribution in [2.24, 2.45) is 29.6 Å². The number of thioether (sulfide) groups is 1. The van der Waals surface area contributed by atoms with Crippen molar-refractivity contribution in [1.29, 1.82) is 0 Å². The summed E-state index contributed by atoms with van der Waals surface area (Å²) in [6.07, 6.45) is 0.857. The van der Waals surface area contributed by atoms with Crippen LogP contribution in [0.4, 0.5) is 5.69 Å². The van der Waals surface area contributed by atoms with E-state index in [9.17, 15) is 14.7 Å². The van der Waals surface area contributed by atoms with Gasteiger partial charge in [0.15, 0.2) is 15.5 Å². The molecule has 2 aliphatic heterocycles. The maximum absolute atomic E-state index is 13.9. The molecule has 2 bridgehead atoms. The summed E-state index contributed by atoms with van der Waals surface area (Å²) < 4.78 is 11.7. The molecule has 4 aliphatic rings. The Balaban J connectivity index is 1.34. The van der Waals surface area contributed by atoms with E-state index in [2.05, 4.69) is 4.98 Å². The second kappa shape index (κ2) is 8.59. The van der Waals surface area contributed by atoms with Crippen molar-refractivity contribution in [3.63, 3.8) is 0 Å². The molecular formula is C28H26N2O5S3. The summed E-state index contributed by atoms with van der Waals surface area (Å²) in [5.74, 6) is 0.111. The van der Waals surface area contributed by atoms with E-state index in [-0.39, 0.29) is 58.3 Å². The van der Waals surface area contributed by atoms with Crippen LogP contribution in [0, 0.1) is 40.5 Å². The van der Waals surface area contributed by atoms with Crippen LogP contribution in [0.25, 0.3) is 0 Å². The number of rotatable bonds is 4. The maximum Gasteiger partial charge on any atom is 0.238 e. The second-order valence-corrected chi connectivity index (χ2v) is 13.5. The van der Waals surface area contributed by atoms with Crippen LogP contribution in [0.5, 0.6) is 17.2 Å². The quantitative estimate of drug-likeness (QED) is 0.318. The summed E-state index contributed by atoms with van der Waals surface area (Å²) >= 11 is 8.89. The van der Waals surface area contributed by atoms with E-state index >= 15 is 0 Å². The predicted molar refractivity (Wildman–Crippen MR) is 148 cm³/mol. The number of imide groups is 1. The number of carbonyl (C=O) groups excluding carboxylic acids is 2. The van der Waals surface area contributed by atoms with Gasteiger partial charge in [0.05, 0.1) is 36.8 Å². The number of ether oxygens (including phenoxy) is 2. The van der Waals surface area contributed by atoms with Crippen LogP contribution < -0.4 is 14.4 Å². The number of aromatic hydroxyl groups is 1. The first kappa shape index (κ1) is 24.2. The number of nitrogens with one attached hydrogen (secondary N) is 1. The molecule has 10 heteroatoms. The molecule has 7 nitrogen and oxygen atoms in total. The highest BCUT2D eigenvalue weighted by Crippen LogP contribution is 2.69. The van der Waals surface area contributed by atoms with E-state index < -0.39 is 0 Å². The Morgan fingerprint density at radius 2 is 1.66 bits per heavy atom. The number of thiazole rings is 1. The number of phenols is 1. The lowest BCUT2D eigenvalue weighted by Crippen LogP contribution is -2.42. The molecule has 2 aromatic carbocycles. The number of aromatic amines is 1. The summed E-state index contributed by atoms with van der Waals surface area (Å²) in [5.41, 5.74) is 2.69. The van der Waals surface area contributed by atoms with Gasteiger partial charge in [-0.15, -0.1) is 23.1 Å². The summed E-state index contributed by atoms with van der Waals surface area (Å²) in [4.78, 5) is 33.6. The van der Waals surface area contributed by atoms with Crippen LogP contribution in [0.3, 0.4) is 0 Å². The van der Waals surface area contributed by atoms with E-state index in [1.807, 2.05) is 43.3 Å². The van der Waals surface area contributed by atoms with Crippen molar-refractivity contribution in [3.05, 3.63) is 56.4 Å². The minimum absolute atomic E-state index is 0.0410. The van der Waals surface area contributed by atoms with Crippen molar-refractivity contribution < 1.29 is 24.2 Å². The average molecular weight is 567 g/mol. The van der Waals surface area contributed by atoms with Crippen LogP contribution in [0.2, 0.25) is 0 Å². The zero-order valence-electron chi connectivity index (χ0n) is 21.0. The number of amides is 2. The van der Waals surface area contributed by atoms with Gasteiger partial charge in [0.25, 0.3) is 0 Å². The Morgan fingerprint density at radius 1 is 1.03 bits per heavy atom. The van der Waals surface area contributed by atoms with Gasteiger partial charge in [-0.3, -0.25) is 14.5 Å². The molecule has 2 aliphatic carbocycles. The molecule has 7 unspecified atom stereocenters. The average Bonchev–Trinajstić information content (AvgIpc) is 3.64. The molecule has 2 N–H and O–H groups in total. The summed E-state index contributed by atoms with van der Waals surface area (Å²) in [5, 5.41) is 11.8. The lowest BCUT2D eigenvalue weighted by Gasteiger charge is -2.43. The molecule has 2 amide bonds. The number of anilines is 1. The van der Waals surface area contributed by atoms with Gasteiger partial charge in [0.2, 0.25) is 17.6 Å². The number of nitrogens with zero attached hydrogens (tertiary/aromatic N) is 1. The zero-order chi connectivity index (χ0) is 26.5. The van der Waals surface area contributed by atoms with Crippen LogP contribution in [0.1, 0.15) is 28.3 Å². The SMILES string of the molecule is COc1cc(C2c3sc(=S)[nH]c3SC3C4CC(C5C(=O)N(c6ccc(C)cc6)C(=O)C45)C23)cc(OC)c1O. The van der Waals surface area contributed by atoms with E-state index in [0.29, 0.717) is 21.1 Å². The van der Waals surface area contributed by atoms with Crippen LogP contribution in [0.15, 0.2) is 41.4 Å². The lowest BCUT2D eigenvalue weighted by atomic mass is 9.68. The highest BCUT2D eigenvalue weighted by atomic mass is 32.2. The van der Waals surface area contributed by atoms with Crippen LogP contribution >= 0.6 is 35.3 Å². The van der Waals surface area contributed by atoms with E-state index in [1.54, 1.807) is 23.1 Å². The normalized spacial score (nSPS) is 30.8. The number of benzene rings is 2. The molecule has 0 radical (unpaired) electrons. The van der Waals surface area contributed by atoms with Crippen molar-refractivity contribution >= 4 is 52.8 Å². The topological polar surface area (TPSA) is 91.9 Å². The third-order valence-corrected chi connectivity index (χ3v) is 11.8. The van der Waals surface area contributed by atoms with Gasteiger partial charge in [0.1, 0.15) is 0 Å². The molecule has 196 valence electrons. The Labute approximate surface area is 233 Å². The lowest BCUT2D eigenvalue weighted by molar-refractivity contribution is -0.123. The van der Waals surface area contributed by atoms with Gasteiger partial charge < -0.3 is 19.6 Å². The monoisotopic (exact) mass is 566 g/mol. The molecule has 1 aromatic heterocycles. The smallest absolute Gasteiger partial charge is 0.238 e. The second-order valence-electron chi connectivity index (χ2n) is 10.6. The molecule has 2 saturated carbocycles. The number of aromatic nitrogens is 1. The highest BCUT2D eigenvalue weighted by Gasteiger charge is 2.69. The van der Waals surface area contributed by atoms with Crippen LogP contribution in [-0.2, 0) is 9.59 Å². The number of aryl methyl sites for hydroxylation is 1. The fourth-order valence-electron chi connectivity index (χ4n) is 7.43. The van der Waals surface area contributed by atoms with Gasteiger partial charge in [-0.2, -0.15) is 0 Å². The van der Waals surface area contributed by atoms with Crippen molar-refractivity contribution in [2.45, 2.75) is 29.5 Å². The van der Waals surface area contributed by atoms with Gasteiger partial charge in [-0.1, -0.05) is 17.7 Å². The fourth-order valence-corrected chi connectivity index (χ4v) is 10.8. The zero-order valence-corrected chi connectivity index (χ0v) is 23.4. The Hall–Kier alpha value is -2.82. The molecule has 3 aromatic rings. The van der Waals surface area contributed by atoms with Crippen molar-refractivity contribution in [3.8, 4) is 17.2 Å². The Kier molecular flexibility index (Phi) is 5.48. The molecule has 7 atom stereocenters. The summed E-state index contributed by atoms with van der Waals surface area (Å²) in [7, 11) is 3.04. The minimum Gasteiger partial charge on any atom is -0.502 e. The third kappa shape index (κ3) is 3.23. The summed E-state index contributed by atoms with van der Waals surface area (Å²) in [6.45, 7) is 1.99. The third-order valence-electron chi connectivity index (χ3n) is 8.88. The number of hydrogen-bond donors (Lipinski definition) is 2. The maximum atomic E-state index is 13.9. The Morgan fingerprint density at radius 3 is 2.29 bits per heavy atom. The van der Waals surface area contributed by atoms with Gasteiger partial charge in [-0.05, 0) is 73.1 Å². The first-order valence-corrected chi connectivity index (χ1v) is 14.7. The van der Waals surface area contributed by atoms with E-state index in [1.165, 1.54) is 19.1 Å². The number of hydrogen-bond acceptors (Lipinski definition) is 8. The Bertz CT molecular complexity index is 1520. The fraction of sp³-hybridized carbons (Fsp3) is 0.393. The highest BCUT2D eigenvalue weighted by molar-refractivity contribution is 8.00. The van der Waals surface area contributed by atoms with Crippen molar-refractivity contribution in [2.75, 3.05) is 19.1 Å². The van der Waals surface area contributed by atoms with Crippen LogP contribution in [-0.4, -0.2) is 41.4 Å². The molecule has 3 heterocycles. The van der Waals surface area contributed by atoms with Gasteiger partial charge >= 0.3 is 0 Å². The molecule has 1 saturated heterocycles. The van der Waals surface area contributed by atoms with E-state index in [4.69, 9.17) is 21.7 Å². The first-order valence-electron chi connectivity index (χ1n) is 12.6. The van der Waals surface area contributed by atoms with Crippen molar-refractivity contribution in [1.82, 2.24) is 4.98 Å². The number of fused-ring (bicyclic) bond motifs is 9. The first-order chi connectivity index (χ1) is 18.3. The molecule has 38 heavy (non-hydrogen) atoms. The molecular weight excluding hydrogens is 541 g/mol. The van der Waals surface area contributed by atoms with Gasteiger partial charge in [-0.25, -0.2) is 0 Å². The number of H-pyrrole nitrogens is 1.